The van der Waals surface area contributed by atoms with Crippen molar-refractivity contribution in [1.29, 1.82) is 0 Å². The summed E-state index contributed by atoms with van der Waals surface area (Å²) >= 11 is 0. The standard InChI is InChI=1S/C10H19N3O2/c1-8(15)13-6-9-4-11-2-3-12(9)5-10(13)7-14/h9-11,14H,2-7H2,1H3/t9?,10-/m1/s1. The minimum atomic E-state index is -0.0168. The Morgan fingerprint density at radius 2 is 2.33 bits per heavy atom. The molecule has 2 aliphatic rings. The second kappa shape index (κ2) is 4.47. The van der Waals surface area contributed by atoms with Crippen molar-refractivity contribution in [2.24, 2.45) is 0 Å². The molecule has 1 unspecified atom stereocenters. The predicted molar refractivity (Wildman–Crippen MR) is 56.5 cm³/mol. The van der Waals surface area contributed by atoms with Gasteiger partial charge in [-0.1, -0.05) is 0 Å². The Morgan fingerprint density at radius 1 is 1.53 bits per heavy atom. The Hall–Kier alpha value is -0.650. The zero-order valence-electron chi connectivity index (χ0n) is 9.15. The number of carbonyl (C=O) groups is 1. The minimum absolute atomic E-state index is 0.0168. The third-order valence-electron chi connectivity index (χ3n) is 3.38. The van der Waals surface area contributed by atoms with Crippen molar-refractivity contribution in [3.63, 3.8) is 0 Å². The van der Waals surface area contributed by atoms with E-state index >= 15 is 0 Å². The van der Waals surface area contributed by atoms with Crippen molar-refractivity contribution < 1.29 is 9.90 Å². The lowest BCUT2D eigenvalue weighted by Gasteiger charge is -2.47. The van der Waals surface area contributed by atoms with Crippen LogP contribution in [0.1, 0.15) is 6.92 Å². The maximum absolute atomic E-state index is 11.4. The molecule has 0 aromatic carbocycles. The third-order valence-corrected chi connectivity index (χ3v) is 3.38. The van der Waals surface area contributed by atoms with Crippen LogP contribution in [0.2, 0.25) is 0 Å². The fourth-order valence-corrected chi connectivity index (χ4v) is 2.51. The highest BCUT2D eigenvalue weighted by Gasteiger charge is 2.35. The smallest absolute Gasteiger partial charge is 0.219 e. The lowest BCUT2D eigenvalue weighted by Crippen LogP contribution is -2.65. The minimum Gasteiger partial charge on any atom is -0.394 e. The second-order valence-electron chi connectivity index (χ2n) is 4.36. The van der Waals surface area contributed by atoms with Crippen LogP contribution in [0, 0.1) is 0 Å². The number of rotatable bonds is 1. The summed E-state index contributed by atoms with van der Waals surface area (Å²) in [6.07, 6.45) is 0. The van der Waals surface area contributed by atoms with E-state index in [-0.39, 0.29) is 18.6 Å². The van der Waals surface area contributed by atoms with Gasteiger partial charge in [-0.05, 0) is 0 Å². The molecular formula is C10H19N3O2. The Labute approximate surface area is 90.0 Å². The Bertz CT molecular complexity index is 247. The van der Waals surface area contributed by atoms with Crippen LogP contribution < -0.4 is 5.32 Å². The summed E-state index contributed by atoms with van der Waals surface area (Å²) in [7, 11) is 0. The van der Waals surface area contributed by atoms with Gasteiger partial charge >= 0.3 is 0 Å². The number of amides is 1. The van der Waals surface area contributed by atoms with Gasteiger partial charge in [0.2, 0.25) is 5.91 Å². The van der Waals surface area contributed by atoms with Gasteiger partial charge in [0.1, 0.15) is 0 Å². The molecule has 1 amide bonds. The first kappa shape index (κ1) is 10.9. The van der Waals surface area contributed by atoms with Gasteiger partial charge in [-0.2, -0.15) is 0 Å². The highest BCUT2D eigenvalue weighted by Crippen LogP contribution is 2.16. The van der Waals surface area contributed by atoms with E-state index in [1.165, 1.54) is 0 Å². The summed E-state index contributed by atoms with van der Waals surface area (Å²) in [6, 6.07) is 0.405. The molecule has 5 nitrogen and oxygen atoms in total. The van der Waals surface area contributed by atoms with Gasteiger partial charge in [0.15, 0.2) is 0 Å². The molecule has 2 heterocycles. The van der Waals surface area contributed by atoms with Gasteiger partial charge < -0.3 is 15.3 Å². The molecule has 2 atom stereocenters. The number of nitrogens with zero attached hydrogens (tertiary/aromatic N) is 2. The van der Waals surface area contributed by atoms with E-state index in [9.17, 15) is 9.90 Å². The Kier molecular flexibility index (Phi) is 3.23. The van der Waals surface area contributed by atoms with Crippen molar-refractivity contribution in [3.05, 3.63) is 0 Å². The molecule has 0 aliphatic carbocycles. The monoisotopic (exact) mass is 213 g/mol. The van der Waals surface area contributed by atoms with Crippen LogP contribution in [0.3, 0.4) is 0 Å². The first-order chi connectivity index (χ1) is 7.22. The fourth-order valence-electron chi connectivity index (χ4n) is 2.51. The molecular weight excluding hydrogens is 194 g/mol. The maximum atomic E-state index is 11.4. The maximum Gasteiger partial charge on any atom is 0.219 e. The average molecular weight is 213 g/mol. The van der Waals surface area contributed by atoms with E-state index in [0.29, 0.717) is 6.04 Å². The molecule has 0 radical (unpaired) electrons. The molecule has 0 spiro atoms. The van der Waals surface area contributed by atoms with Crippen molar-refractivity contribution >= 4 is 5.91 Å². The van der Waals surface area contributed by atoms with Crippen LogP contribution in [0.15, 0.2) is 0 Å². The van der Waals surface area contributed by atoms with Gasteiger partial charge in [-0.25, -0.2) is 0 Å². The molecule has 2 aliphatic heterocycles. The third kappa shape index (κ3) is 2.14. The number of fused-ring (bicyclic) bond motifs is 1. The SMILES string of the molecule is CC(=O)N1CC2CNCCN2C[C@@H]1CO. The lowest BCUT2D eigenvalue weighted by atomic mass is 10.0. The number of aliphatic hydroxyl groups excluding tert-OH is 1. The highest BCUT2D eigenvalue weighted by atomic mass is 16.3. The molecule has 2 rings (SSSR count). The number of piperazine rings is 2. The second-order valence-corrected chi connectivity index (χ2v) is 4.36. The van der Waals surface area contributed by atoms with E-state index in [4.69, 9.17) is 0 Å². The van der Waals surface area contributed by atoms with Crippen molar-refractivity contribution in [3.8, 4) is 0 Å². The van der Waals surface area contributed by atoms with Crippen molar-refractivity contribution in [2.45, 2.75) is 19.0 Å². The van der Waals surface area contributed by atoms with Gasteiger partial charge in [-0.15, -0.1) is 0 Å². The predicted octanol–water partition coefficient (Wildman–Crippen LogP) is -1.52. The van der Waals surface area contributed by atoms with E-state index in [0.717, 1.165) is 32.7 Å². The van der Waals surface area contributed by atoms with Gasteiger partial charge in [0, 0.05) is 45.7 Å². The van der Waals surface area contributed by atoms with Gasteiger partial charge in [0.05, 0.1) is 12.6 Å². The van der Waals surface area contributed by atoms with Crippen LogP contribution in [0.5, 0.6) is 0 Å². The number of carbonyl (C=O) groups excluding carboxylic acids is 1. The lowest BCUT2D eigenvalue weighted by molar-refractivity contribution is -0.137. The van der Waals surface area contributed by atoms with Gasteiger partial charge in [0.25, 0.3) is 0 Å². The number of nitrogens with one attached hydrogen (secondary N) is 1. The van der Waals surface area contributed by atoms with E-state index < -0.39 is 0 Å². The number of hydrogen-bond acceptors (Lipinski definition) is 4. The van der Waals surface area contributed by atoms with Crippen molar-refractivity contribution in [2.75, 3.05) is 39.3 Å². The summed E-state index contributed by atoms with van der Waals surface area (Å²) < 4.78 is 0. The molecule has 2 N–H and O–H groups in total. The number of hydrogen-bond donors (Lipinski definition) is 2. The Balaban J connectivity index is 2.05. The highest BCUT2D eigenvalue weighted by molar-refractivity contribution is 5.73. The average Bonchev–Trinajstić information content (AvgIpc) is 2.27. The van der Waals surface area contributed by atoms with Crippen LogP contribution >= 0.6 is 0 Å². The molecule has 0 aromatic rings. The van der Waals surface area contributed by atoms with Crippen molar-refractivity contribution in [1.82, 2.24) is 15.1 Å². The van der Waals surface area contributed by atoms with Gasteiger partial charge in [-0.3, -0.25) is 9.69 Å². The zero-order chi connectivity index (χ0) is 10.8. The normalized spacial score (nSPS) is 32.5. The first-order valence-corrected chi connectivity index (χ1v) is 5.55. The summed E-state index contributed by atoms with van der Waals surface area (Å²) in [5, 5.41) is 12.6. The molecule has 86 valence electrons. The quantitative estimate of drug-likeness (QED) is 0.556. The van der Waals surface area contributed by atoms with Crippen LogP contribution in [0.4, 0.5) is 0 Å². The van der Waals surface area contributed by atoms with Crippen LogP contribution in [0.25, 0.3) is 0 Å². The van der Waals surface area contributed by atoms with Crippen LogP contribution in [-0.4, -0.2) is 72.2 Å². The molecule has 15 heavy (non-hydrogen) atoms. The van der Waals surface area contributed by atoms with E-state index in [1.54, 1.807) is 11.8 Å². The molecule has 0 saturated carbocycles. The molecule has 2 saturated heterocycles. The fraction of sp³-hybridized carbons (Fsp3) is 0.900. The molecule has 0 bridgehead atoms. The Morgan fingerprint density at radius 3 is 3.00 bits per heavy atom. The summed E-state index contributed by atoms with van der Waals surface area (Å²) in [6.45, 7) is 6.17. The molecule has 2 fully saturated rings. The van der Waals surface area contributed by atoms with E-state index in [2.05, 4.69) is 10.2 Å². The first-order valence-electron chi connectivity index (χ1n) is 5.55. The molecule has 5 heteroatoms. The summed E-state index contributed by atoms with van der Waals surface area (Å²) in [5.41, 5.74) is 0. The topological polar surface area (TPSA) is 55.8 Å². The number of aliphatic hydroxyl groups is 1. The van der Waals surface area contributed by atoms with Crippen LogP contribution in [-0.2, 0) is 4.79 Å². The zero-order valence-corrected chi connectivity index (χ0v) is 9.15. The van der Waals surface area contributed by atoms with E-state index in [1.807, 2.05) is 0 Å². The summed E-state index contributed by atoms with van der Waals surface area (Å²) in [4.78, 5) is 15.6. The largest absolute Gasteiger partial charge is 0.394 e. The summed E-state index contributed by atoms with van der Waals surface area (Å²) in [5.74, 6) is 0.0688. The molecule has 0 aromatic heterocycles.